The molecule has 0 radical (unpaired) electrons. The van der Waals surface area contributed by atoms with Gasteiger partial charge in [0.15, 0.2) is 0 Å². The van der Waals surface area contributed by atoms with Gasteiger partial charge in [0.2, 0.25) is 0 Å². The predicted molar refractivity (Wildman–Crippen MR) is 63.8 cm³/mol. The van der Waals surface area contributed by atoms with E-state index in [-0.39, 0.29) is 0 Å². The van der Waals surface area contributed by atoms with E-state index >= 15 is 0 Å². The molecule has 1 aliphatic heterocycles. The molecule has 1 aliphatic rings. The largest absolute Gasteiger partial charge is 0.316 e. The van der Waals surface area contributed by atoms with Crippen LogP contribution >= 0.6 is 0 Å². The third-order valence-corrected chi connectivity index (χ3v) is 3.16. The number of benzene rings is 1. The van der Waals surface area contributed by atoms with Crippen LogP contribution in [0.25, 0.3) is 0 Å². The molecule has 2 rings (SSSR count). The Labute approximate surface area is 92.3 Å². The maximum Gasteiger partial charge on any atom is 0.0234 e. The van der Waals surface area contributed by atoms with Crippen LogP contribution in [0.2, 0.25) is 0 Å². The smallest absolute Gasteiger partial charge is 0.0234 e. The molecular weight excluding hydrogens is 184 g/mol. The summed E-state index contributed by atoms with van der Waals surface area (Å²) in [5, 5.41) is 3.38. The number of rotatable bonds is 3. The van der Waals surface area contributed by atoms with E-state index in [1.165, 1.54) is 31.5 Å². The van der Waals surface area contributed by atoms with Gasteiger partial charge in [-0.1, -0.05) is 30.3 Å². The normalized spacial score (nSPS) is 22.9. The van der Waals surface area contributed by atoms with Gasteiger partial charge in [-0.2, -0.15) is 0 Å². The summed E-state index contributed by atoms with van der Waals surface area (Å²) in [6.07, 6.45) is 2.64. The fourth-order valence-electron chi connectivity index (χ4n) is 2.28. The standard InChI is InChI=1S/C13H20N2/c1-14-13-8-5-9-15(11-13)10-12-6-3-2-4-7-12/h2-4,6-7,13-14H,5,8-11H2,1H3. The molecule has 1 saturated heterocycles. The van der Waals surface area contributed by atoms with Crippen molar-refractivity contribution in [2.45, 2.75) is 25.4 Å². The first kappa shape index (κ1) is 10.7. The molecular formula is C13H20N2. The van der Waals surface area contributed by atoms with Gasteiger partial charge in [0.25, 0.3) is 0 Å². The van der Waals surface area contributed by atoms with Gasteiger partial charge in [0, 0.05) is 19.1 Å². The van der Waals surface area contributed by atoms with E-state index in [9.17, 15) is 0 Å². The summed E-state index contributed by atoms with van der Waals surface area (Å²) in [5.41, 5.74) is 1.43. The zero-order valence-corrected chi connectivity index (χ0v) is 9.45. The van der Waals surface area contributed by atoms with E-state index in [1.807, 2.05) is 0 Å². The van der Waals surface area contributed by atoms with E-state index in [0.29, 0.717) is 6.04 Å². The summed E-state index contributed by atoms with van der Waals surface area (Å²) in [6.45, 7) is 3.53. The summed E-state index contributed by atoms with van der Waals surface area (Å²) in [6, 6.07) is 11.4. The van der Waals surface area contributed by atoms with Gasteiger partial charge in [-0.3, -0.25) is 4.90 Å². The molecule has 1 fully saturated rings. The summed E-state index contributed by atoms with van der Waals surface area (Å²) in [7, 11) is 2.07. The monoisotopic (exact) mass is 204 g/mol. The van der Waals surface area contributed by atoms with Crippen LogP contribution in [0.15, 0.2) is 30.3 Å². The molecule has 0 spiro atoms. The zero-order chi connectivity index (χ0) is 10.5. The van der Waals surface area contributed by atoms with E-state index in [1.54, 1.807) is 0 Å². The lowest BCUT2D eigenvalue weighted by Gasteiger charge is -2.32. The number of likely N-dealkylation sites (tertiary alicyclic amines) is 1. The quantitative estimate of drug-likeness (QED) is 0.808. The second-order valence-corrected chi connectivity index (χ2v) is 4.35. The molecule has 15 heavy (non-hydrogen) atoms. The molecule has 1 N–H and O–H groups in total. The molecule has 1 aromatic carbocycles. The highest BCUT2D eigenvalue weighted by Crippen LogP contribution is 2.13. The lowest BCUT2D eigenvalue weighted by Crippen LogP contribution is -2.43. The van der Waals surface area contributed by atoms with Crippen LogP contribution in [0.3, 0.4) is 0 Å². The molecule has 1 unspecified atom stereocenters. The van der Waals surface area contributed by atoms with E-state index in [2.05, 4.69) is 47.6 Å². The van der Waals surface area contributed by atoms with Crippen molar-refractivity contribution in [3.05, 3.63) is 35.9 Å². The highest BCUT2D eigenvalue weighted by Gasteiger charge is 2.17. The summed E-state index contributed by atoms with van der Waals surface area (Å²) < 4.78 is 0. The first-order valence-corrected chi connectivity index (χ1v) is 5.82. The molecule has 2 nitrogen and oxygen atoms in total. The number of nitrogens with one attached hydrogen (secondary N) is 1. The maximum absolute atomic E-state index is 3.38. The highest BCUT2D eigenvalue weighted by atomic mass is 15.2. The Morgan fingerprint density at radius 1 is 1.33 bits per heavy atom. The van der Waals surface area contributed by atoms with Gasteiger partial charge >= 0.3 is 0 Å². The minimum atomic E-state index is 0.683. The van der Waals surface area contributed by atoms with Gasteiger partial charge in [-0.25, -0.2) is 0 Å². The third-order valence-electron chi connectivity index (χ3n) is 3.16. The van der Waals surface area contributed by atoms with E-state index in [4.69, 9.17) is 0 Å². The van der Waals surface area contributed by atoms with Crippen molar-refractivity contribution in [3.8, 4) is 0 Å². The van der Waals surface area contributed by atoms with Crippen LogP contribution in [0, 0.1) is 0 Å². The van der Waals surface area contributed by atoms with Crippen molar-refractivity contribution < 1.29 is 0 Å². The van der Waals surface area contributed by atoms with Gasteiger partial charge in [-0.05, 0) is 32.0 Å². The fourth-order valence-corrected chi connectivity index (χ4v) is 2.28. The van der Waals surface area contributed by atoms with Crippen LogP contribution in [0.4, 0.5) is 0 Å². The van der Waals surface area contributed by atoms with Crippen LogP contribution in [-0.2, 0) is 6.54 Å². The molecule has 2 heteroatoms. The Morgan fingerprint density at radius 2 is 2.13 bits per heavy atom. The number of nitrogens with zero attached hydrogens (tertiary/aromatic N) is 1. The molecule has 0 bridgehead atoms. The number of hydrogen-bond donors (Lipinski definition) is 1. The molecule has 1 heterocycles. The van der Waals surface area contributed by atoms with Crippen molar-refractivity contribution in [2.75, 3.05) is 20.1 Å². The lowest BCUT2D eigenvalue weighted by atomic mass is 10.1. The highest BCUT2D eigenvalue weighted by molar-refractivity contribution is 5.14. The van der Waals surface area contributed by atoms with Crippen molar-refractivity contribution in [3.63, 3.8) is 0 Å². The predicted octanol–water partition coefficient (Wildman–Crippen LogP) is 1.87. The number of hydrogen-bond acceptors (Lipinski definition) is 2. The van der Waals surface area contributed by atoms with Crippen LogP contribution in [-0.4, -0.2) is 31.1 Å². The minimum absolute atomic E-state index is 0.683. The van der Waals surface area contributed by atoms with Crippen LogP contribution < -0.4 is 5.32 Å². The lowest BCUT2D eigenvalue weighted by molar-refractivity contribution is 0.188. The Kier molecular flexibility index (Phi) is 3.75. The molecule has 82 valence electrons. The summed E-state index contributed by atoms with van der Waals surface area (Å²) >= 11 is 0. The molecule has 0 saturated carbocycles. The van der Waals surface area contributed by atoms with Crippen molar-refractivity contribution in [2.24, 2.45) is 0 Å². The molecule has 0 aromatic heterocycles. The average Bonchev–Trinajstić information content (AvgIpc) is 2.31. The first-order chi connectivity index (χ1) is 7.38. The van der Waals surface area contributed by atoms with Crippen molar-refractivity contribution >= 4 is 0 Å². The van der Waals surface area contributed by atoms with Gasteiger partial charge < -0.3 is 5.32 Å². The second kappa shape index (κ2) is 5.29. The summed E-state index contributed by atoms with van der Waals surface area (Å²) in [5.74, 6) is 0. The molecule has 1 aromatic rings. The average molecular weight is 204 g/mol. The van der Waals surface area contributed by atoms with Crippen molar-refractivity contribution in [1.82, 2.24) is 10.2 Å². The van der Waals surface area contributed by atoms with Gasteiger partial charge in [0.1, 0.15) is 0 Å². The number of likely N-dealkylation sites (N-methyl/N-ethyl adjacent to an activating group) is 1. The first-order valence-electron chi connectivity index (χ1n) is 5.82. The maximum atomic E-state index is 3.38. The number of piperidine rings is 1. The fraction of sp³-hybridized carbons (Fsp3) is 0.538. The van der Waals surface area contributed by atoms with E-state index in [0.717, 1.165) is 6.54 Å². The SMILES string of the molecule is CNC1CCCN(Cc2ccccc2)C1. The third kappa shape index (κ3) is 3.05. The second-order valence-electron chi connectivity index (χ2n) is 4.35. The topological polar surface area (TPSA) is 15.3 Å². The van der Waals surface area contributed by atoms with Crippen LogP contribution in [0.1, 0.15) is 18.4 Å². The van der Waals surface area contributed by atoms with Gasteiger partial charge in [0.05, 0.1) is 0 Å². The van der Waals surface area contributed by atoms with Crippen LogP contribution in [0.5, 0.6) is 0 Å². The molecule has 1 atom stereocenters. The van der Waals surface area contributed by atoms with E-state index < -0.39 is 0 Å². The molecule has 0 amide bonds. The Morgan fingerprint density at radius 3 is 2.87 bits per heavy atom. The minimum Gasteiger partial charge on any atom is -0.316 e. The Balaban J connectivity index is 1.89. The Hall–Kier alpha value is -0.860. The summed E-state index contributed by atoms with van der Waals surface area (Å²) in [4.78, 5) is 2.54. The zero-order valence-electron chi connectivity index (χ0n) is 9.45. The Bertz CT molecular complexity index is 284. The molecule has 0 aliphatic carbocycles. The van der Waals surface area contributed by atoms with Gasteiger partial charge in [-0.15, -0.1) is 0 Å². The van der Waals surface area contributed by atoms with Crippen molar-refractivity contribution in [1.29, 1.82) is 0 Å².